The van der Waals surface area contributed by atoms with Crippen LogP contribution in [0.25, 0.3) is 0 Å². The molecule has 108 valence electrons. The van der Waals surface area contributed by atoms with Crippen molar-refractivity contribution in [3.8, 4) is 0 Å². The maximum atomic E-state index is 12.0. The molecule has 0 aromatic heterocycles. The molecule has 1 aromatic rings. The van der Waals surface area contributed by atoms with Crippen LogP contribution >= 0.6 is 46.4 Å². The molecular weight excluding hydrogens is 348 g/mol. The van der Waals surface area contributed by atoms with Crippen LogP contribution in [0.1, 0.15) is 28.8 Å². The van der Waals surface area contributed by atoms with E-state index < -0.39 is 11.9 Å². The maximum absolute atomic E-state index is 12.0. The molecule has 1 aromatic carbocycles. The summed E-state index contributed by atoms with van der Waals surface area (Å²) < 4.78 is 5.13. The van der Waals surface area contributed by atoms with E-state index >= 15 is 0 Å². The number of halogens is 4. The van der Waals surface area contributed by atoms with Gasteiger partial charge in [0.15, 0.2) is 0 Å². The van der Waals surface area contributed by atoms with Gasteiger partial charge in [0.1, 0.15) is 0 Å². The molecule has 0 amide bonds. The van der Waals surface area contributed by atoms with Crippen molar-refractivity contribution in [1.82, 2.24) is 4.90 Å². The van der Waals surface area contributed by atoms with E-state index in [1.165, 1.54) is 0 Å². The zero-order valence-electron chi connectivity index (χ0n) is 10.1. The van der Waals surface area contributed by atoms with Gasteiger partial charge in [-0.25, -0.2) is 9.69 Å². The van der Waals surface area contributed by atoms with Gasteiger partial charge in [0.25, 0.3) is 0 Å². The number of ether oxygens (including phenoxy) is 1. The fraction of sp³-hybridized carbons (Fsp3) is 0.417. The standard InChI is InChI=1S/C12H9Cl4NO3/c13-7-5-6(8(14)10(16)9(7)15)12(19,20-11(5)18)17-3-1-2-4-17/h19H,1-4H2. The molecular formula is C12H9Cl4NO3. The van der Waals surface area contributed by atoms with E-state index in [9.17, 15) is 9.90 Å². The molecule has 8 heteroatoms. The third kappa shape index (κ3) is 1.86. The Balaban J connectivity index is 2.27. The molecule has 2 heterocycles. The van der Waals surface area contributed by atoms with E-state index in [-0.39, 0.29) is 31.2 Å². The van der Waals surface area contributed by atoms with Gasteiger partial charge in [0.05, 0.1) is 31.2 Å². The van der Waals surface area contributed by atoms with Crippen LogP contribution in [0, 0.1) is 0 Å². The highest BCUT2D eigenvalue weighted by Crippen LogP contribution is 2.50. The predicted molar refractivity (Wildman–Crippen MR) is 76.6 cm³/mol. The average Bonchev–Trinajstić information content (AvgIpc) is 3.01. The first kappa shape index (κ1) is 14.7. The number of likely N-dealkylation sites (tertiary alicyclic amines) is 1. The largest absolute Gasteiger partial charge is 0.411 e. The van der Waals surface area contributed by atoms with Gasteiger partial charge in [0, 0.05) is 13.1 Å². The lowest BCUT2D eigenvalue weighted by atomic mass is 10.1. The van der Waals surface area contributed by atoms with Crippen molar-refractivity contribution < 1.29 is 14.6 Å². The first-order valence-corrected chi connectivity index (χ1v) is 7.46. The van der Waals surface area contributed by atoms with Crippen molar-refractivity contribution >= 4 is 52.4 Å². The Morgan fingerprint density at radius 1 is 1.00 bits per heavy atom. The molecule has 0 bridgehead atoms. The molecule has 1 fully saturated rings. The summed E-state index contributed by atoms with van der Waals surface area (Å²) in [6.45, 7) is 1.16. The third-order valence-electron chi connectivity index (χ3n) is 3.57. The van der Waals surface area contributed by atoms with Gasteiger partial charge >= 0.3 is 11.9 Å². The summed E-state index contributed by atoms with van der Waals surface area (Å²) >= 11 is 24.1. The summed E-state index contributed by atoms with van der Waals surface area (Å²) in [6, 6.07) is 0. The molecule has 4 nitrogen and oxygen atoms in total. The molecule has 20 heavy (non-hydrogen) atoms. The Morgan fingerprint density at radius 3 is 2.15 bits per heavy atom. The number of benzene rings is 1. The number of carbonyl (C=O) groups is 1. The van der Waals surface area contributed by atoms with Gasteiger partial charge in [-0.1, -0.05) is 46.4 Å². The van der Waals surface area contributed by atoms with Gasteiger partial charge in [0.2, 0.25) is 0 Å². The van der Waals surface area contributed by atoms with Crippen molar-refractivity contribution in [3.63, 3.8) is 0 Å². The normalized spacial score (nSPS) is 25.9. The molecule has 0 radical (unpaired) electrons. The fourth-order valence-electron chi connectivity index (χ4n) is 2.60. The summed E-state index contributed by atoms with van der Waals surface area (Å²) in [5, 5.41) is 10.7. The van der Waals surface area contributed by atoms with E-state index in [1.807, 2.05) is 0 Å². The van der Waals surface area contributed by atoms with Crippen LogP contribution in [0.4, 0.5) is 0 Å². The minimum absolute atomic E-state index is 0.00648. The van der Waals surface area contributed by atoms with Crippen LogP contribution in [0.2, 0.25) is 20.1 Å². The van der Waals surface area contributed by atoms with E-state index in [0.29, 0.717) is 13.1 Å². The second kappa shape index (κ2) is 4.90. The lowest BCUT2D eigenvalue weighted by Crippen LogP contribution is -2.45. The van der Waals surface area contributed by atoms with E-state index in [4.69, 9.17) is 51.1 Å². The van der Waals surface area contributed by atoms with Crippen LogP contribution in [0.15, 0.2) is 0 Å². The Hall–Kier alpha value is -0.230. The van der Waals surface area contributed by atoms with Crippen molar-refractivity contribution in [3.05, 3.63) is 31.2 Å². The molecule has 1 atom stereocenters. The van der Waals surface area contributed by atoms with Crippen molar-refractivity contribution in [2.75, 3.05) is 13.1 Å². The second-order valence-electron chi connectivity index (χ2n) is 4.70. The van der Waals surface area contributed by atoms with E-state index in [1.54, 1.807) is 4.90 Å². The summed E-state index contributed by atoms with van der Waals surface area (Å²) in [4.78, 5) is 13.6. The smallest absolute Gasteiger partial charge is 0.344 e. The van der Waals surface area contributed by atoms with Crippen molar-refractivity contribution in [2.24, 2.45) is 0 Å². The monoisotopic (exact) mass is 355 g/mol. The number of fused-ring (bicyclic) bond motifs is 1. The molecule has 1 N–H and O–H groups in total. The van der Waals surface area contributed by atoms with Crippen LogP contribution in [-0.2, 0) is 10.6 Å². The maximum Gasteiger partial charge on any atom is 0.344 e. The number of carbonyl (C=O) groups excluding carboxylic acids is 1. The first-order chi connectivity index (χ1) is 9.38. The molecule has 1 unspecified atom stereocenters. The fourth-order valence-corrected chi connectivity index (χ4v) is 3.66. The number of cyclic esters (lactones) is 1. The number of aliphatic hydroxyl groups is 1. The molecule has 3 rings (SSSR count). The zero-order chi connectivity index (χ0) is 14.7. The van der Waals surface area contributed by atoms with Crippen molar-refractivity contribution in [2.45, 2.75) is 18.8 Å². The topological polar surface area (TPSA) is 49.8 Å². The average molecular weight is 357 g/mol. The Labute approximate surface area is 135 Å². The molecule has 2 aliphatic rings. The molecule has 0 aliphatic carbocycles. The Morgan fingerprint density at radius 2 is 1.55 bits per heavy atom. The quantitative estimate of drug-likeness (QED) is 0.474. The third-order valence-corrected chi connectivity index (χ3v) is 5.37. The van der Waals surface area contributed by atoms with Gasteiger partial charge in [-0.15, -0.1) is 0 Å². The predicted octanol–water partition coefficient (Wildman–Crippen LogP) is 3.67. The highest BCUT2D eigenvalue weighted by molar-refractivity contribution is 6.53. The first-order valence-electron chi connectivity index (χ1n) is 5.95. The molecule has 0 spiro atoms. The lowest BCUT2D eigenvalue weighted by molar-refractivity contribution is -0.258. The number of hydrogen-bond donors (Lipinski definition) is 1. The summed E-state index contributed by atoms with van der Waals surface area (Å²) in [5.74, 6) is -2.70. The van der Waals surface area contributed by atoms with Crippen LogP contribution in [0.5, 0.6) is 0 Å². The highest BCUT2D eigenvalue weighted by atomic mass is 35.5. The lowest BCUT2D eigenvalue weighted by Gasteiger charge is -2.32. The van der Waals surface area contributed by atoms with Gasteiger partial charge < -0.3 is 9.84 Å². The summed E-state index contributed by atoms with van der Waals surface area (Å²) in [5.41, 5.74) is 0.0472. The second-order valence-corrected chi connectivity index (χ2v) is 6.21. The van der Waals surface area contributed by atoms with Crippen molar-refractivity contribution in [1.29, 1.82) is 0 Å². The summed E-state index contributed by atoms with van der Waals surface area (Å²) in [7, 11) is 0. The van der Waals surface area contributed by atoms with Gasteiger partial charge in [-0.2, -0.15) is 0 Å². The van der Waals surface area contributed by atoms with Crippen LogP contribution < -0.4 is 0 Å². The zero-order valence-corrected chi connectivity index (χ0v) is 13.1. The van der Waals surface area contributed by atoms with Crippen LogP contribution in [0.3, 0.4) is 0 Å². The number of rotatable bonds is 1. The molecule has 2 aliphatic heterocycles. The number of esters is 1. The highest BCUT2D eigenvalue weighted by Gasteiger charge is 2.53. The number of nitrogens with zero attached hydrogens (tertiary/aromatic N) is 1. The van der Waals surface area contributed by atoms with E-state index in [0.717, 1.165) is 12.8 Å². The van der Waals surface area contributed by atoms with E-state index in [2.05, 4.69) is 0 Å². The van der Waals surface area contributed by atoms with Crippen LogP contribution in [-0.4, -0.2) is 29.1 Å². The SMILES string of the molecule is O=C1OC(O)(N2CCCC2)c2c(Cl)c(Cl)c(Cl)c(Cl)c21. The Kier molecular flexibility index (Phi) is 3.60. The molecule has 1 saturated heterocycles. The Bertz CT molecular complexity index is 615. The minimum atomic E-state index is -1.93. The number of hydrogen-bond acceptors (Lipinski definition) is 4. The minimum Gasteiger partial charge on any atom is -0.411 e. The molecule has 0 saturated carbocycles. The summed E-state index contributed by atoms with van der Waals surface area (Å²) in [6.07, 6.45) is 1.78. The van der Waals surface area contributed by atoms with Gasteiger partial charge in [-0.3, -0.25) is 0 Å². The van der Waals surface area contributed by atoms with Gasteiger partial charge in [-0.05, 0) is 12.8 Å².